The summed E-state index contributed by atoms with van der Waals surface area (Å²) >= 11 is 0. The summed E-state index contributed by atoms with van der Waals surface area (Å²) in [5, 5.41) is 7.75. The first-order valence-corrected chi connectivity index (χ1v) is 3.42. The number of hydrogen-bond acceptors (Lipinski definition) is 5. The Hall–Kier alpha value is 0.0700. The van der Waals surface area contributed by atoms with E-state index in [0.29, 0.717) is 0 Å². The van der Waals surface area contributed by atoms with Gasteiger partial charge in [0.2, 0.25) is 0 Å². The van der Waals surface area contributed by atoms with E-state index in [-0.39, 0.29) is 0 Å². The first kappa shape index (κ1) is 6.19. The molecular formula is C2H5O5P. The first-order chi connectivity index (χ1) is 3.66. The lowest BCUT2D eigenvalue weighted by atomic mass is 10.8. The van der Waals surface area contributed by atoms with Crippen LogP contribution >= 0.6 is 7.82 Å². The van der Waals surface area contributed by atoms with Gasteiger partial charge in [0.1, 0.15) is 0 Å². The number of phosphoric ester groups is 1. The minimum atomic E-state index is -3.47. The minimum Gasteiger partial charge on any atom is -0.255 e. The maximum Gasteiger partial charge on any atom is 0.506 e. The van der Waals surface area contributed by atoms with E-state index in [0.717, 1.165) is 0 Å². The van der Waals surface area contributed by atoms with Gasteiger partial charge in [-0.1, -0.05) is 0 Å². The lowest BCUT2D eigenvalue weighted by Gasteiger charge is -2.28. The molecule has 5 nitrogen and oxygen atoms in total. The fourth-order valence-corrected chi connectivity index (χ4v) is 1.23. The highest BCUT2D eigenvalue weighted by Crippen LogP contribution is 2.59. The Bertz CT molecular complexity index is 122. The molecule has 1 aliphatic heterocycles. The molecule has 1 rings (SSSR count). The van der Waals surface area contributed by atoms with Gasteiger partial charge >= 0.3 is 7.82 Å². The SMILES string of the molecule is CC1OP(=O)(OO)O1. The molecule has 0 bridgehead atoms. The Kier molecular flexibility index (Phi) is 1.38. The third-order valence-corrected chi connectivity index (χ3v) is 1.97. The van der Waals surface area contributed by atoms with Crippen molar-refractivity contribution in [2.75, 3.05) is 0 Å². The zero-order valence-corrected chi connectivity index (χ0v) is 5.00. The normalized spacial score (nSPS) is 46.0. The van der Waals surface area contributed by atoms with Crippen LogP contribution in [0.15, 0.2) is 0 Å². The van der Waals surface area contributed by atoms with Crippen LogP contribution in [0, 0.1) is 0 Å². The lowest BCUT2D eigenvalue weighted by Crippen LogP contribution is -2.22. The summed E-state index contributed by atoms with van der Waals surface area (Å²) < 4.78 is 22.4. The average Bonchev–Trinajstić information content (AvgIpc) is 1.63. The van der Waals surface area contributed by atoms with E-state index in [1.807, 2.05) is 0 Å². The van der Waals surface area contributed by atoms with Crippen molar-refractivity contribution >= 4 is 7.82 Å². The molecule has 0 unspecified atom stereocenters. The Labute approximate surface area is 45.7 Å². The van der Waals surface area contributed by atoms with Crippen molar-refractivity contribution in [3.63, 3.8) is 0 Å². The van der Waals surface area contributed by atoms with Crippen LogP contribution < -0.4 is 0 Å². The maximum absolute atomic E-state index is 10.3. The lowest BCUT2D eigenvalue weighted by molar-refractivity contribution is -0.221. The summed E-state index contributed by atoms with van der Waals surface area (Å²) in [6.45, 7) is 1.54. The van der Waals surface area contributed by atoms with Crippen LogP contribution in [-0.4, -0.2) is 11.5 Å². The molecule has 0 amide bonds. The van der Waals surface area contributed by atoms with Crippen molar-refractivity contribution in [3.05, 3.63) is 0 Å². The van der Waals surface area contributed by atoms with Gasteiger partial charge in [-0.15, -0.1) is 4.67 Å². The quantitative estimate of drug-likeness (QED) is 0.334. The van der Waals surface area contributed by atoms with Crippen molar-refractivity contribution in [1.82, 2.24) is 0 Å². The van der Waals surface area contributed by atoms with E-state index in [4.69, 9.17) is 5.26 Å². The molecule has 1 aliphatic rings. The van der Waals surface area contributed by atoms with Crippen LogP contribution in [0.4, 0.5) is 0 Å². The second-order valence-corrected chi connectivity index (χ2v) is 2.79. The minimum absolute atomic E-state index is 0.534. The molecule has 0 atom stereocenters. The topological polar surface area (TPSA) is 65.0 Å². The molecule has 0 radical (unpaired) electrons. The molecule has 1 N–H and O–H groups in total. The maximum atomic E-state index is 10.3. The first-order valence-electron chi connectivity index (χ1n) is 1.96. The molecule has 0 aliphatic carbocycles. The van der Waals surface area contributed by atoms with Crippen molar-refractivity contribution < 1.29 is 23.5 Å². The van der Waals surface area contributed by atoms with E-state index >= 15 is 0 Å². The van der Waals surface area contributed by atoms with Gasteiger partial charge < -0.3 is 0 Å². The molecule has 1 saturated heterocycles. The van der Waals surface area contributed by atoms with E-state index in [1.54, 1.807) is 0 Å². The van der Waals surface area contributed by atoms with E-state index in [2.05, 4.69) is 13.7 Å². The summed E-state index contributed by atoms with van der Waals surface area (Å²) in [6.07, 6.45) is -0.534. The summed E-state index contributed by atoms with van der Waals surface area (Å²) in [5.74, 6) is 0. The third kappa shape index (κ3) is 0.913. The van der Waals surface area contributed by atoms with Crippen LogP contribution in [0.5, 0.6) is 0 Å². The fraction of sp³-hybridized carbons (Fsp3) is 1.00. The number of phosphoric acid groups is 1. The van der Waals surface area contributed by atoms with Gasteiger partial charge in [-0.05, 0) is 6.92 Å². The zero-order chi connectivity index (χ0) is 6.20. The molecule has 8 heavy (non-hydrogen) atoms. The molecule has 48 valence electrons. The summed E-state index contributed by atoms with van der Waals surface area (Å²) in [7, 11) is -3.47. The molecule has 1 fully saturated rings. The van der Waals surface area contributed by atoms with Crippen LogP contribution in [-0.2, 0) is 18.3 Å². The van der Waals surface area contributed by atoms with Crippen LogP contribution in [0.2, 0.25) is 0 Å². The Morgan fingerprint density at radius 1 is 1.75 bits per heavy atom. The zero-order valence-electron chi connectivity index (χ0n) is 4.10. The van der Waals surface area contributed by atoms with Gasteiger partial charge in [0.05, 0.1) is 0 Å². The van der Waals surface area contributed by atoms with Crippen molar-refractivity contribution in [2.24, 2.45) is 0 Å². The monoisotopic (exact) mass is 140 g/mol. The molecule has 0 spiro atoms. The molecular weight excluding hydrogens is 135 g/mol. The standard InChI is InChI=1S/C2H5O5P/c1-2-5-8(4,6-2)7-3/h2-3H,1H3. The molecule has 6 heteroatoms. The predicted molar refractivity (Wildman–Crippen MR) is 23.0 cm³/mol. The van der Waals surface area contributed by atoms with Crippen molar-refractivity contribution in [1.29, 1.82) is 0 Å². The van der Waals surface area contributed by atoms with E-state index in [1.165, 1.54) is 6.92 Å². The van der Waals surface area contributed by atoms with Crippen LogP contribution in [0.1, 0.15) is 6.92 Å². The second-order valence-electron chi connectivity index (χ2n) is 1.31. The highest BCUT2D eigenvalue weighted by Gasteiger charge is 2.42. The van der Waals surface area contributed by atoms with Gasteiger partial charge in [0, 0.05) is 0 Å². The molecule has 0 aromatic rings. The van der Waals surface area contributed by atoms with Gasteiger partial charge in [-0.3, -0.25) is 9.05 Å². The number of hydrogen-bond donors (Lipinski definition) is 1. The highest BCUT2D eigenvalue weighted by atomic mass is 31.2. The van der Waals surface area contributed by atoms with Gasteiger partial charge in [0.15, 0.2) is 6.29 Å². The summed E-state index contributed by atoms with van der Waals surface area (Å²) in [5.41, 5.74) is 0. The average molecular weight is 140 g/mol. The van der Waals surface area contributed by atoms with E-state index < -0.39 is 14.1 Å². The summed E-state index contributed by atoms with van der Waals surface area (Å²) in [4.78, 5) is 0. The highest BCUT2D eigenvalue weighted by molar-refractivity contribution is 7.49. The smallest absolute Gasteiger partial charge is 0.255 e. The Morgan fingerprint density at radius 3 is 2.38 bits per heavy atom. The van der Waals surface area contributed by atoms with Gasteiger partial charge in [-0.2, -0.15) is 0 Å². The van der Waals surface area contributed by atoms with E-state index in [9.17, 15) is 4.57 Å². The Balaban J connectivity index is 2.42. The second kappa shape index (κ2) is 1.79. The largest absolute Gasteiger partial charge is 0.506 e. The van der Waals surface area contributed by atoms with Gasteiger partial charge in [0.25, 0.3) is 0 Å². The molecule has 0 aromatic heterocycles. The molecule has 0 aromatic carbocycles. The van der Waals surface area contributed by atoms with Gasteiger partial charge in [-0.25, -0.2) is 9.82 Å². The van der Waals surface area contributed by atoms with Crippen LogP contribution in [0.3, 0.4) is 0 Å². The summed E-state index contributed by atoms with van der Waals surface area (Å²) in [6, 6.07) is 0. The van der Waals surface area contributed by atoms with Crippen molar-refractivity contribution in [3.8, 4) is 0 Å². The molecule has 0 saturated carbocycles. The number of rotatable bonds is 1. The third-order valence-electron chi connectivity index (χ3n) is 0.655. The Morgan fingerprint density at radius 2 is 2.25 bits per heavy atom. The van der Waals surface area contributed by atoms with Crippen molar-refractivity contribution in [2.45, 2.75) is 13.2 Å². The predicted octanol–water partition coefficient (Wildman–Crippen LogP) is 0.977. The van der Waals surface area contributed by atoms with Crippen LogP contribution in [0.25, 0.3) is 0 Å². The fourth-order valence-electron chi connectivity index (χ4n) is 0.410. The molecule has 1 heterocycles.